The zero-order valence-corrected chi connectivity index (χ0v) is 15.0. The van der Waals surface area contributed by atoms with E-state index in [9.17, 15) is 0 Å². The van der Waals surface area contributed by atoms with Gasteiger partial charge in [-0.15, -0.1) is 11.8 Å². The van der Waals surface area contributed by atoms with Gasteiger partial charge in [0.05, 0.1) is 0 Å². The number of unbranched alkanes of at least 4 members (excludes halogenated alkanes) is 1. The van der Waals surface area contributed by atoms with Gasteiger partial charge in [-0.25, -0.2) is 0 Å². The van der Waals surface area contributed by atoms with E-state index in [2.05, 4.69) is 83.2 Å². The molecular weight excluding hydrogens is 272 g/mol. The third kappa shape index (κ3) is 7.04. The molecule has 0 radical (unpaired) electrons. The molecule has 0 fully saturated rings. The highest BCUT2D eigenvalue weighted by Gasteiger charge is 2.13. The predicted octanol–water partition coefficient (Wildman–Crippen LogP) is 6.77. The Morgan fingerprint density at radius 1 is 1.05 bits per heavy atom. The number of benzene rings is 1. The van der Waals surface area contributed by atoms with Crippen molar-refractivity contribution in [2.24, 2.45) is 0 Å². The first kappa shape index (κ1) is 18.1. The molecule has 0 saturated heterocycles. The minimum absolute atomic E-state index is 0.236. The van der Waals surface area contributed by atoms with E-state index >= 15 is 0 Å². The van der Waals surface area contributed by atoms with Crippen molar-refractivity contribution in [3.05, 3.63) is 54.1 Å². The second kappa shape index (κ2) is 9.15. The zero-order chi connectivity index (χ0) is 15.7. The molecule has 0 spiro atoms. The van der Waals surface area contributed by atoms with Gasteiger partial charge in [-0.2, -0.15) is 0 Å². The highest BCUT2D eigenvalue weighted by molar-refractivity contribution is 8.00. The molecular formula is C20H30S. The third-order valence-corrected chi connectivity index (χ3v) is 4.83. The summed E-state index contributed by atoms with van der Waals surface area (Å²) in [6, 6.07) is 9.07. The monoisotopic (exact) mass is 302 g/mol. The molecule has 0 aliphatic carbocycles. The largest absolute Gasteiger partial charge is 0.119 e. The second-order valence-electron chi connectivity index (χ2n) is 6.41. The number of hydrogen-bond acceptors (Lipinski definition) is 1. The van der Waals surface area contributed by atoms with Gasteiger partial charge in [-0.3, -0.25) is 0 Å². The molecule has 0 N–H and O–H groups in total. The van der Waals surface area contributed by atoms with E-state index < -0.39 is 0 Å². The lowest BCUT2D eigenvalue weighted by Crippen LogP contribution is -2.10. The molecule has 1 rings (SSSR count). The number of rotatable bonds is 7. The molecule has 0 heterocycles. The summed E-state index contributed by atoms with van der Waals surface area (Å²) in [5, 5.41) is 0.580. The van der Waals surface area contributed by atoms with Gasteiger partial charge < -0.3 is 0 Å². The number of hydrogen-bond donors (Lipinski definition) is 0. The van der Waals surface area contributed by atoms with E-state index in [1.165, 1.54) is 16.9 Å². The van der Waals surface area contributed by atoms with Crippen LogP contribution in [0.2, 0.25) is 0 Å². The van der Waals surface area contributed by atoms with Gasteiger partial charge in [0.2, 0.25) is 0 Å². The maximum atomic E-state index is 2.37. The van der Waals surface area contributed by atoms with E-state index in [-0.39, 0.29) is 5.41 Å². The van der Waals surface area contributed by atoms with Crippen LogP contribution in [0.1, 0.15) is 59.4 Å². The predicted molar refractivity (Wildman–Crippen MR) is 98.3 cm³/mol. The van der Waals surface area contributed by atoms with Gasteiger partial charge in [0.15, 0.2) is 0 Å². The van der Waals surface area contributed by atoms with Crippen LogP contribution in [0.4, 0.5) is 0 Å². The Kier molecular flexibility index (Phi) is 7.88. The molecule has 1 unspecified atom stereocenters. The highest BCUT2D eigenvalue weighted by atomic mass is 32.2. The molecule has 0 aliphatic rings. The Bertz CT molecular complexity index is 446. The average Bonchev–Trinajstić information content (AvgIpc) is 2.45. The maximum Gasteiger partial charge on any atom is 0.0271 e. The Morgan fingerprint density at radius 3 is 2.19 bits per heavy atom. The summed E-state index contributed by atoms with van der Waals surface area (Å²) in [5.74, 6) is 0. The molecule has 1 aromatic rings. The van der Waals surface area contributed by atoms with Gasteiger partial charge in [-0.1, -0.05) is 64.1 Å². The van der Waals surface area contributed by atoms with E-state index in [1.807, 2.05) is 11.8 Å². The Morgan fingerprint density at radius 2 is 1.67 bits per heavy atom. The molecule has 0 bridgehead atoms. The number of allylic oxidation sites excluding steroid dienone is 3. The molecule has 21 heavy (non-hydrogen) atoms. The average molecular weight is 303 g/mol. The molecule has 1 heteroatoms. The van der Waals surface area contributed by atoms with Crippen LogP contribution in [0.5, 0.6) is 0 Å². The lowest BCUT2D eigenvalue weighted by molar-refractivity contribution is 0.590. The smallest absolute Gasteiger partial charge is 0.0271 e. The fourth-order valence-electron chi connectivity index (χ4n) is 2.07. The Labute approximate surface area is 135 Å². The minimum Gasteiger partial charge on any atom is -0.119 e. The van der Waals surface area contributed by atoms with E-state index in [1.54, 1.807) is 0 Å². The standard InChI is InChI=1S/C20H30S/c1-6-8-9-10-11-12-18(7-2)21-19-15-13-17(14-16-19)20(3,4)5/h6,8,11-16,18H,7,9-10H2,1-5H3/b8-6-,12-11-. The summed E-state index contributed by atoms with van der Waals surface area (Å²) in [4.78, 5) is 1.37. The van der Waals surface area contributed by atoms with Crippen LogP contribution in [0.3, 0.4) is 0 Å². The zero-order valence-electron chi connectivity index (χ0n) is 14.2. The summed E-state index contributed by atoms with van der Waals surface area (Å²) in [6.07, 6.45) is 12.5. The van der Waals surface area contributed by atoms with Crippen molar-refractivity contribution in [1.29, 1.82) is 0 Å². The van der Waals surface area contributed by atoms with Gasteiger partial charge in [0, 0.05) is 10.1 Å². The lowest BCUT2D eigenvalue weighted by Gasteiger charge is -2.19. The van der Waals surface area contributed by atoms with Crippen molar-refractivity contribution < 1.29 is 0 Å². The van der Waals surface area contributed by atoms with Gasteiger partial charge >= 0.3 is 0 Å². The molecule has 0 saturated carbocycles. The van der Waals surface area contributed by atoms with Crippen molar-refractivity contribution in [3.63, 3.8) is 0 Å². The van der Waals surface area contributed by atoms with Crippen molar-refractivity contribution in [1.82, 2.24) is 0 Å². The summed E-state index contributed by atoms with van der Waals surface area (Å²) < 4.78 is 0. The molecule has 0 amide bonds. The second-order valence-corrected chi connectivity index (χ2v) is 7.73. The normalized spacial score (nSPS) is 14.1. The van der Waals surface area contributed by atoms with E-state index in [4.69, 9.17) is 0 Å². The fraction of sp³-hybridized carbons (Fsp3) is 0.500. The fourth-order valence-corrected chi connectivity index (χ4v) is 3.07. The first-order valence-corrected chi connectivity index (χ1v) is 8.90. The lowest BCUT2D eigenvalue weighted by atomic mass is 9.87. The summed E-state index contributed by atoms with van der Waals surface area (Å²) in [7, 11) is 0. The van der Waals surface area contributed by atoms with Crippen LogP contribution in [0, 0.1) is 0 Å². The molecule has 116 valence electrons. The molecule has 1 atom stereocenters. The first-order valence-electron chi connectivity index (χ1n) is 8.02. The van der Waals surface area contributed by atoms with E-state index in [0.29, 0.717) is 5.25 Å². The molecule has 0 aliphatic heterocycles. The van der Waals surface area contributed by atoms with Crippen LogP contribution < -0.4 is 0 Å². The Balaban J connectivity index is 2.57. The van der Waals surface area contributed by atoms with Crippen LogP contribution >= 0.6 is 11.8 Å². The Hall–Kier alpha value is -0.950. The molecule has 0 nitrogen and oxygen atoms in total. The van der Waals surface area contributed by atoms with Gasteiger partial charge in [0.25, 0.3) is 0 Å². The quantitative estimate of drug-likeness (QED) is 0.304. The molecule has 0 aromatic heterocycles. The highest BCUT2D eigenvalue weighted by Crippen LogP contribution is 2.29. The van der Waals surface area contributed by atoms with Crippen LogP contribution in [0.15, 0.2) is 53.5 Å². The first-order chi connectivity index (χ1) is 9.97. The summed E-state index contributed by atoms with van der Waals surface area (Å²) >= 11 is 1.97. The van der Waals surface area contributed by atoms with Crippen LogP contribution in [-0.4, -0.2) is 5.25 Å². The SMILES string of the molecule is C/C=C\CC/C=C\C(CC)Sc1ccc(C(C)(C)C)cc1. The van der Waals surface area contributed by atoms with Crippen molar-refractivity contribution in [2.45, 2.75) is 69.4 Å². The summed E-state index contributed by atoms with van der Waals surface area (Å²) in [6.45, 7) is 11.1. The topological polar surface area (TPSA) is 0 Å². The minimum atomic E-state index is 0.236. The van der Waals surface area contributed by atoms with Gasteiger partial charge in [0.1, 0.15) is 0 Å². The van der Waals surface area contributed by atoms with E-state index in [0.717, 1.165) is 12.8 Å². The summed E-state index contributed by atoms with van der Waals surface area (Å²) in [5.41, 5.74) is 1.64. The number of thioether (sulfide) groups is 1. The maximum absolute atomic E-state index is 2.37. The van der Waals surface area contributed by atoms with Crippen LogP contribution in [0.25, 0.3) is 0 Å². The third-order valence-electron chi connectivity index (χ3n) is 3.50. The van der Waals surface area contributed by atoms with Gasteiger partial charge in [-0.05, 0) is 49.3 Å². The van der Waals surface area contributed by atoms with Crippen molar-refractivity contribution in [3.8, 4) is 0 Å². The van der Waals surface area contributed by atoms with Crippen molar-refractivity contribution in [2.75, 3.05) is 0 Å². The molecule has 1 aromatic carbocycles. The van der Waals surface area contributed by atoms with Crippen LogP contribution in [-0.2, 0) is 5.41 Å². The van der Waals surface area contributed by atoms with Crippen molar-refractivity contribution >= 4 is 11.8 Å².